The van der Waals surface area contributed by atoms with Crippen molar-refractivity contribution in [3.8, 4) is 16.9 Å². The SMILES string of the molecule is COc1ccc(C2=NC(=O)n3nc(C)c(-c4ccc(F)cc4F)c32)cc1. The molecular weight excluding hydrogens is 340 g/mol. The van der Waals surface area contributed by atoms with Crippen molar-refractivity contribution in [2.24, 2.45) is 4.99 Å². The Labute approximate surface area is 147 Å². The van der Waals surface area contributed by atoms with E-state index < -0.39 is 17.7 Å². The molecule has 0 fully saturated rings. The van der Waals surface area contributed by atoms with Crippen molar-refractivity contribution in [2.75, 3.05) is 7.11 Å². The van der Waals surface area contributed by atoms with Crippen molar-refractivity contribution in [3.05, 3.63) is 71.1 Å². The highest BCUT2D eigenvalue weighted by Gasteiger charge is 2.32. The predicted octanol–water partition coefficient (Wildman–Crippen LogP) is 3.96. The maximum Gasteiger partial charge on any atom is 0.369 e. The lowest BCUT2D eigenvalue weighted by atomic mass is 9.97. The summed E-state index contributed by atoms with van der Waals surface area (Å²) in [6, 6.07) is 9.76. The molecule has 1 amide bonds. The third-order valence-corrected chi connectivity index (χ3v) is 4.24. The van der Waals surface area contributed by atoms with Gasteiger partial charge in [-0.05, 0) is 43.3 Å². The highest BCUT2D eigenvalue weighted by atomic mass is 19.1. The van der Waals surface area contributed by atoms with Gasteiger partial charge in [-0.1, -0.05) is 0 Å². The molecule has 4 rings (SSSR count). The fraction of sp³-hybridized carbons (Fsp3) is 0.105. The molecule has 1 aliphatic heterocycles. The standard InChI is InChI=1S/C19H13F2N3O2/c1-10-16(14-8-5-12(20)9-15(14)21)18-17(22-19(25)24(18)23-10)11-3-6-13(26-2)7-4-11/h3-9H,1-2H3. The van der Waals surface area contributed by atoms with Crippen molar-refractivity contribution in [3.63, 3.8) is 0 Å². The van der Waals surface area contributed by atoms with Gasteiger partial charge >= 0.3 is 6.03 Å². The van der Waals surface area contributed by atoms with Crippen LogP contribution in [0.15, 0.2) is 47.5 Å². The molecule has 26 heavy (non-hydrogen) atoms. The second kappa shape index (κ2) is 5.87. The third kappa shape index (κ3) is 2.40. The Bertz CT molecular complexity index is 1070. The molecular formula is C19H13F2N3O2. The number of carbonyl (C=O) groups is 1. The molecule has 1 aliphatic rings. The smallest absolute Gasteiger partial charge is 0.369 e. The topological polar surface area (TPSA) is 56.5 Å². The average Bonchev–Trinajstić information content (AvgIpc) is 3.12. The van der Waals surface area contributed by atoms with Gasteiger partial charge in [-0.15, -0.1) is 0 Å². The van der Waals surface area contributed by atoms with Crippen molar-refractivity contribution in [1.82, 2.24) is 9.78 Å². The van der Waals surface area contributed by atoms with Crippen LogP contribution in [0.2, 0.25) is 0 Å². The first-order chi connectivity index (χ1) is 12.5. The molecule has 3 aromatic rings. The van der Waals surface area contributed by atoms with Crippen LogP contribution in [-0.4, -0.2) is 28.6 Å². The van der Waals surface area contributed by atoms with Crippen LogP contribution in [0.3, 0.4) is 0 Å². The Kier molecular flexibility index (Phi) is 3.64. The quantitative estimate of drug-likeness (QED) is 0.716. The Morgan fingerprint density at radius 2 is 1.81 bits per heavy atom. The highest BCUT2D eigenvalue weighted by Crippen LogP contribution is 2.34. The van der Waals surface area contributed by atoms with Gasteiger partial charge in [-0.2, -0.15) is 14.8 Å². The molecule has 130 valence electrons. The number of aromatic nitrogens is 2. The second-order valence-corrected chi connectivity index (χ2v) is 5.82. The molecule has 0 bridgehead atoms. The second-order valence-electron chi connectivity index (χ2n) is 5.82. The van der Waals surface area contributed by atoms with E-state index in [-0.39, 0.29) is 5.56 Å². The summed E-state index contributed by atoms with van der Waals surface area (Å²) in [7, 11) is 1.56. The van der Waals surface area contributed by atoms with Crippen molar-refractivity contribution in [2.45, 2.75) is 6.92 Å². The van der Waals surface area contributed by atoms with Gasteiger partial charge in [0.1, 0.15) is 28.8 Å². The van der Waals surface area contributed by atoms with Gasteiger partial charge in [0.2, 0.25) is 0 Å². The van der Waals surface area contributed by atoms with Gasteiger partial charge in [-0.3, -0.25) is 0 Å². The first kappa shape index (κ1) is 16.1. The number of nitrogens with zero attached hydrogens (tertiary/aromatic N) is 3. The van der Waals surface area contributed by atoms with Crippen LogP contribution in [0.4, 0.5) is 13.6 Å². The average molecular weight is 353 g/mol. The van der Waals surface area contributed by atoms with Gasteiger partial charge in [-0.25, -0.2) is 13.6 Å². The van der Waals surface area contributed by atoms with Crippen LogP contribution >= 0.6 is 0 Å². The van der Waals surface area contributed by atoms with E-state index >= 15 is 0 Å². The van der Waals surface area contributed by atoms with E-state index in [9.17, 15) is 13.6 Å². The predicted molar refractivity (Wildman–Crippen MR) is 91.7 cm³/mol. The molecule has 0 unspecified atom stereocenters. The molecule has 0 N–H and O–H groups in total. The Morgan fingerprint density at radius 1 is 1.08 bits per heavy atom. The first-order valence-electron chi connectivity index (χ1n) is 7.82. The fourth-order valence-corrected chi connectivity index (χ4v) is 3.05. The number of fused-ring (bicyclic) bond motifs is 1. The number of aryl methyl sites for hydroxylation is 1. The number of carbonyl (C=O) groups excluding carboxylic acids is 1. The van der Waals surface area contributed by atoms with Gasteiger partial charge < -0.3 is 4.74 Å². The van der Waals surface area contributed by atoms with E-state index in [0.717, 1.165) is 10.7 Å². The number of amides is 1. The number of rotatable bonds is 3. The number of hydrogen-bond donors (Lipinski definition) is 0. The normalized spacial score (nSPS) is 12.9. The van der Waals surface area contributed by atoms with Gasteiger partial charge in [0, 0.05) is 22.8 Å². The number of aliphatic imine (C=N–C) groups is 1. The van der Waals surface area contributed by atoms with Gasteiger partial charge in [0.25, 0.3) is 0 Å². The Morgan fingerprint density at radius 3 is 2.46 bits per heavy atom. The largest absolute Gasteiger partial charge is 0.497 e. The molecule has 1 aromatic heterocycles. The molecule has 0 saturated heterocycles. The highest BCUT2D eigenvalue weighted by molar-refractivity contribution is 6.23. The molecule has 7 heteroatoms. The molecule has 2 heterocycles. The number of methoxy groups -OCH3 is 1. The van der Waals surface area contributed by atoms with E-state index in [2.05, 4.69) is 10.1 Å². The summed E-state index contributed by atoms with van der Waals surface area (Å²) in [4.78, 5) is 16.3. The number of hydrogen-bond acceptors (Lipinski definition) is 3. The molecule has 2 aromatic carbocycles. The zero-order valence-corrected chi connectivity index (χ0v) is 14.0. The van der Waals surface area contributed by atoms with E-state index in [1.807, 2.05) is 0 Å². The monoisotopic (exact) mass is 353 g/mol. The van der Waals surface area contributed by atoms with E-state index in [0.29, 0.717) is 34.0 Å². The van der Waals surface area contributed by atoms with Crippen molar-refractivity contribution in [1.29, 1.82) is 0 Å². The lowest BCUT2D eigenvalue weighted by Gasteiger charge is -2.08. The van der Waals surface area contributed by atoms with E-state index in [1.165, 1.54) is 12.1 Å². The van der Waals surface area contributed by atoms with Gasteiger partial charge in [0.15, 0.2) is 0 Å². The Hall–Kier alpha value is -3.35. The van der Waals surface area contributed by atoms with Crippen LogP contribution in [0.5, 0.6) is 5.75 Å². The Balaban J connectivity index is 1.92. The summed E-state index contributed by atoms with van der Waals surface area (Å²) in [5.41, 5.74) is 2.49. The molecule has 5 nitrogen and oxygen atoms in total. The zero-order valence-electron chi connectivity index (χ0n) is 14.0. The van der Waals surface area contributed by atoms with Crippen LogP contribution in [0.25, 0.3) is 11.1 Å². The van der Waals surface area contributed by atoms with E-state index in [1.54, 1.807) is 38.3 Å². The molecule has 0 radical (unpaired) electrons. The minimum absolute atomic E-state index is 0.168. The summed E-state index contributed by atoms with van der Waals surface area (Å²) >= 11 is 0. The summed E-state index contributed by atoms with van der Waals surface area (Å²) in [6.07, 6.45) is 0. The maximum atomic E-state index is 14.4. The van der Waals surface area contributed by atoms with Crippen LogP contribution < -0.4 is 4.74 Å². The van der Waals surface area contributed by atoms with E-state index in [4.69, 9.17) is 4.74 Å². The molecule has 0 atom stereocenters. The molecule has 0 spiro atoms. The lowest BCUT2D eigenvalue weighted by Crippen LogP contribution is -2.07. The van der Waals surface area contributed by atoms with Crippen LogP contribution in [-0.2, 0) is 0 Å². The third-order valence-electron chi connectivity index (χ3n) is 4.24. The fourth-order valence-electron chi connectivity index (χ4n) is 3.05. The van der Waals surface area contributed by atoms with Crippen LogP contribution in [0, 0.1) is 18.6 Å². The minimum atomic E-state index is -0.725. The first-order valence-corrected chi connectivity index (χ1v) is 7.82. The summed E-state index contributed by atoms with van der Waals surface area (Å²) in [5.74, 6) is -0.738. The van der Waals surface area contributed by atoms with Gasteiger partial charge in [0.05, 0.1) is 12.8 Å². The summed E-state index contributed by atoms with van der Waals surface area (Å²) in [6.45, 7) is 1.67. The number of ether oxygens (including phenoxy) is 1. The zero-order chi connectivity index (χ0) is 18.4. The molecule has 0 aliphatic carbocycles. The van der Waals surface area contributed by atoms with Crippen molar-refractivity contribution >= 4 is 11.7 Å². The lowest BCUT2D eigenvalue weighted by molar-refractivity contribution is 0.249. The summed E-state index contributed by atoms with van der Waals surface area (Å²) in [5, 5.41) is 4.19. The molecule has 0 saturated carbocycles. The maximum absolute atomic E-state index is 14.4. The minimum Gasteiger partial charge on any atom is -0.497 e. The summed E-state index contributed by atoms with van der Waals surface area (Å²) < 4.78 is 33.9. The number of benzene rings is 2. The van der Waals surface area contributed by atoms with Crippen LogP contribution in [0.1, 0.15) is 17.0 Å². The van der Waals surface area contributed by atoms with Crippen molar-refractivity contribution < 1.29 is 18.3 Å². The number of halogens is 2.